The fourth-order valence-corrected chi connectivity index (χ4v) is 3.12. The Labute approximate surface area is 114 Å². The van der Waals surface area contributed by atoms with E-state index in [-0.39, 0.29) is 17.1 Å². The van der Waals surface area contributed by atoms with Gasteiger partial charge < -0.3 is 9.84 Å². The lowest BCUT2D eigenvalue weighted by Gasteiger charge is -2.30. The number of aliphatic hydroxyl groups excluding tert-OH is 1. The van der Waals surface area contributed by atoms with Crippen LogP contribution in [0.25, 0.3) is 0 Å². The lowest BCUT2D eigenvalue weighted by atomic mass is 9.80. The zero-order valence-electron chi connectivity index (χ0n) is 12.0. The monoisotopic (exact) mass is 259 g/mol. The Morgan fingerprint density at radius 3 is 2.58 bits per heavy atom. The van der Waals surface area contributed by atoms with Crippen LogP contribution in [0.3, 0.4) is 0 Å². The van der Waals surface area contributed by atoms with Crippen LogP contribution in [0.2, 0.25) is 0 Å². The molecule has 3 nitrogen and oxygen atoms in total. The lowest BCUT2D eigenvalue weighted by molar-refractivity contribution is -0.0880. The molecule has 0 saturated carbocycles. The van der Waals surface area contributed by atoms with Gasteiger partial charge in [-0.25, -0.2) is 0 Å². The van der Waals surface area contributed by atoms with Gasteiger partial charge in [-0.1, -0.05) is 12.1 Å². The fraction of sp³-hybridized carbons (Fsp3) is 0.562. The average molecular weight is 259 g/mol. The van der Waals surface area contributed by atoms with E-state index in [2.05, 4.69) is 6.07 Å². The van der Waals surface area contributed by atoms with Crippen LogP contribution in [0.4, 0.5) is 0 Å². The second-order valence-corrected chi connectivity index (χ2v) is 6.46. The van der Waals surface area contributed by atoms with Crippen LogP contribution >= 0.6 is 0 Å². The zero-order chi connectivity index (χ0) is 14.3. The summed E-state index contributed by atoms with van der Waals surface area (Å²) in [7, 11) is 0. The number of hydrogen-bond donors (Lipinski definition) is 1. The molecule has 0 aromatic heterocycles. The number of hydrogen-bond acceptors (Lipinski definition) is 3. The van der Waals surface area contributed by atoms with Gasteiger partial charge in [0.1, 0.15) is 0 Å². The highest BCUT2D eigenvalue weighted by Crippen LogP contribution is 2.47. The molecule has 102 valence electrons. The highest BCUT2D eigenvalue weighted by atomic mass is 16.5. The summed E-state index contributed by atoms with van der Waals surface area (Å²) in [5, 5.41) is 19.6. The number of aliphatic hydroxyl groups is 1. The molecule has 0 aliphatic carbocycles. The highest BCUT2D eigenvalue weighted by Gasteiger charge is 2.49. The Hall–Kier alpha value is -1.37. The van der Waals surface area contributed by atoms with E-state index in [0.717, 1.165) is 12.0 Å². The third kappa shape index (κ3) is 2.80. The average Bonchev–Trinajstić information content (AvgIpc) is 2.56. The van der Waals surface area contributed by atoms with Crippen LogP contribution in [-0.2, 0) is 4.74 Å². The minimum Gasteiger partial charge on any atom is -0.388 e. The van der Waals surface area contributed by atoms with E-state index in [4.69, 9.17) is 10.00 Å². The largest absolute Gasteiger partial charge is 0.388 e. The SMILES string of the molecule is CC1(C)CC(C(O)c2cccc(C#N)c2)C(C)(C)O1. The third-order valence-corrected chi connectivity index (χ3v) is 3.88. The summed E-state index contributed by atoms with van der Waals surface area (Å²) >= 11 is 0. The normalized spacial score (nSPS) is 25.8. The van der Waals surface area contributed by atoms with E-state index in [1.165, 1.54) is 0 Å². The van der Waals surface area contributed by atoms with Crippen molar-refractivity contribution in [2.24, 2.45) is 5.92 Å². The van der Waals surface area contributed by atoms with Gasteiger partial charge in [-0.3, -0.25) is 0 Å². The van der Waals surface area contributed by atoms with Gasteiger partial charge in [0.2, 0.25) is 0 Å². The molecule has 1 heterocycles. The Kier molecular flexibility index (Phi) is 3.42. The van der Waals surface area contributed by atoms with Crippen molar-refractivity contribution in [2.75, 3.05) is 0 Å². The second kappa shape index (κ2) is 4.63. The number of ether oxygens (including phenoxy) is 1. The Morgan fingerprint density at radius 2 is 2.05 bits per heavy atom. The van der Waals surface area contributed by atoms with Gasteiger partial charge in [-0.2, -0.15) is 5.26 Å². The van der Waals surface area contributed by atoms with Gasteiger partial charge in [0.15, 0.2) is 0 Å². The van der Waals surface area contributed by atoms with E-state index in [0.29, 0.717) is 5.56 Å². The zero-order valence-corrected chi connectivity index (χ0v) is 12.0. The summed E-state index contributed by atoms with van der Waals surface area (Å²) in [4.78, 5) is 0. The van der Waals surface area contributed by atoms with Crippen LogP contribution in [0.5, 0.6) is 0 Å². The standard InChI is InChI=1S/C16H21NO2/c1-15(2)9-13(16(3,4)19-15)14(18)12-7-5-6-11(8-12)10-17/h5-8,13-14,18H,9H2,1-4H3. The van der Waals surface area contributed by atoms with Crippen molar-refractivity contribution < 1.29 is 9.84 Å². The van der Waals surface area contributed by atoms with Crippen molar-refractivity contribution >= 4 is 0 Å². The van der Waals surface area contributed by atoms with Crippen molar-refractivity contribution in [3.63, 3.8) is 0 Å². The topological polar surface area (TPSA) is 53.2 Å². The Morgan fingerprint density at radius 1 is 1.37 bits per heavy atom. The van der Waals surface area contributed by atoms with Crippen molar-refractivity contribution in [3.8, 4) is 6.07 Å². The summed E-state index contributed by atoms with van der Waals surface area (Å²) in [6.07, 6.45) is 0.197. The first-order chi connectivity index (χ1) is 8.75. The van der Waals surface area contributed by atoms with Crippen molar-refractivity contribution in [1.29, 1.82) is 5.26 Å². The van der Waals surface area contributed by atoms with E-state index in [1.54, 1.807) is 12.1 Å². The van der Waals surface area contributed by atoms with Gasteiger partial charge >= 0.3 is 0 Å². The van der Waals surface area contributed by atoms with E-state index >= 15 is 0 Å². The minimum absolute atomic E-state index is 0.0245. The Balaban J connectivity index is 2.29. The number of nitrogens with zero attached hydrogens (tertiary/aromatic N) is 1. The molecule has 1 aliphatic heterocycles. The smallest absolute Gasteiger partial charge is 0.0991 e. The van der Waals surface area contributed by atoms with Crippen molar-refractivity contribution in [2.45, 2.75) is 51.4 Å². The summed E-state index contributed by atoms with van der Waals surface area (Å²) < 4.78 is 6.02. The molecule has 0 bridgehead atoms. The Bertz CT molecular complexity index is 514. The van der Waals surface area contributed by atoms with Crippen molar-refractivity contribution in [1.82, 2.24) is 0 Å². The second-order valence-electron chi connectivity index (χ2n) is 6.46. The molecule has 19 heavy (non-hydrogen) atoms. The third-order valence-electron chi connectivity index (χ3n) is 3.88. The molecule has 3 heteroatoms. The first-order valence-corrected chi connectivity index (χ1v) is 6.63. The van der Waals surface area contributed by atoms with E-state index in [9.17, 15) is 5.11 Å². The van der Waals surface area contributed by atoms with E-state index < -0.39 is 6.10 Å². The molecule has 0 spiro atoms. The number of benzene rings is 1. The van der Waals surface area contributed by atoms with Gasteiger partial charge in [-0.05, 0) is 51.8 Å². The molecule has 1 aromatic rings. The van der Waals surface area contributed by atoms with Gasteiger partial charge in [0, 0.05) is 5.92 Å². The summed E-state index contributed by atoms with van der Waals surface area (Å²) in [6, 6.07) is 9.29. The van der Waals surface area contributed by atoms with Gasteiger partial charge in [-0.15, -0.1) is 0 Å². The molecule has 1 N–H and O–H groups in total. The highest BCUT2D eigenvalue weighted by molar-refractivity contribution is 5.34. The maximum absolute atomic E-state index is 10.6. The minimum atomic E-state index is -0.606. The predicted molar refractivity (Wildman–Crippen MR) is 73.5 cm³/mol. The molecular weight excluding hydrogens is 238 g/mol. The van der Waals surface area contributed by atoms with Crippen LogP contribution in [0, 0.1) is 17.2 Å². The van der Waals surface area contributed by atoms with Crippen molar-refractivity contribution in [3.05, 3.63) is 35.4 Å². The molecule has 1 aliphatic rings. The molecule has 2 unspecified atom stereocenters. The van der Waals surface area contributed by atoms with E-state index in [1.807, 2.05) is 39.8 Å². The first kappa shape index (κ1) is 14.0. The maximum Gasteiger partial charge on any atom is 0.0991 e. The molecule has 2 rings (SSSR count). The summed E-state index contributed by atoms with van der Waals surface area (Å²) in [5.74, 6) is 0.0245. The predicted octanol–water partition coefficient (Wildman–Crippen LogP) is 3.19. The quantitative estimate of drug-likeness (QED) is 0.887. The first-order valence-electron chi connectivity index (χ1n) is 6.63. The molecule has 1 aromatic carbocycles. The molecule has 2 atom stereocenters. The number of rotatable bonds is 2. The maximum atomic E-state index is 10.6. The molecule has 0 radical (unpaired) electrons. The van der Waals surface area contributed by atoms with Gasteiger partial charge in [0.25, 0.3) is 0 Å². The van der Waals surface area contributed by atoms with Crippen LogP contribution in [0.1, 0.15) is 51.3 Å². The summed E-state index contributed by atoms with van der Waals surface area (Å²) in [6.45, 7) is 8.13. The van der Waals surface area contributed by atoms with Gasteiger partial charge in [0.05, 0.1) is 28.9 Å². The molecule has 0 amide bonds. The lowest BCUT2D eigenvalue weighted by Crippen LogP contribution is -2.32. The van der Waals surface area contributed by atoms with Crippen LogP contribution in [0.15, 0.2) is 24.3 Å². The molecule has 1 saturated heterocycles. The fourth-order valence-electron chi connectivity index (χ4n) is 3.12. The van der Waals surface area contributed by atoms with Crippen LogP contribution in [-0.4, -0.2) is 16.3 Å². The molecule has 1 fully saturated rings. The summed E-state index contributed by atoms with van der Waals surface area (Å²) in [5.41, 5.74) is 0.777. The molecular formula is C16H21NO2. The number of nitriles is 1. The van der Waals surface area contributed by atoms with Crippen LogP contribution < -0.4 is 0 Å².